The maximum Gasteiger partial charge on any atom is 0.323 e. The molecule has 0 saturated carbocycles. The number of carboxylic acids is 1. The molecule has 3 fully saturated rings. The van der Waals surface area contributed by atoms with Crippen molar-refractivity contribution in [2.75, 3.05) is 45.8 Å². The number of rotatable bonds is 7. The number of hydrazone groups is 1. The van der Waals surface area contributed by atoms with Crippen molar-refractivity contribution in [1.82, 2.24) is 20.3 Å². The van der Waals surface area contributed by atoms with Crippen molar-refractivity contribution < 1.29 is 24.3 Å². The standard InChI is InChI=1S/C23H33N5O5/c1-16-11-28(12-17(2)32-16)24-10-18-3-5-19(6-4-18)21-9-20(33-25-21)13-26-7-8-27(15-23(30)31)22(29)14-26/h3-6,10,16-17,20-21,25H,7-9,11-15H2,1-2H3,(H,30,31). The third-order valence-electron chi connectivity index (χ3n) is 6.17. The summed E-state index contributed by atoms with van der Waals surface area (Å²) in [6.45, 7) is 7.43. The number of hydrogen-bond acceptors (Lipinski definition) is 8. The average Bonchev–Trinajstić information content (AvgIpc) is 3.22. The van der Waals surface area contributed by atoms with Crippen LogP contribution < -0.4 is 5.48 Å². The highest BCUT2D eigenvalue weighted by molar-refractivity contribution is 5.83. The van der Waals surface area contributed by atoms with Gasteiger partial charge in [-0.3, -0.25) is 24.3 Å². The molecule has 180 valence electrons. The fraction of sp³-hybridized carbons (Fsp3) is 0.609. The number of amides is 1. The van der Waals surface area contributed by atoms with E-state index in [-0.39, 0.29) is 43.4 Å². The predicted molar refractivity (Wildman–Crippen MR) is 122 cm³/mol. The monoisotopic (exact) mass is 459 g/mol. The van der Waals surface area contributed by atoms with Gasteiger partial charge in [0.2, 0.25) is 5.91 Å². The number of morpholine rings is 1. The molecule has 10 heteroatoms. The first-order chi connectivity index (χ1) is 15.9. The van der Waals surface area contributed by atoms with Gasteiger partial charge in [0.1, 0.15) is 6.54 Å². The van der Waals surface area contributed by atoms with Crippen molar-refractivity contribution in [2.24, 2.45) is 5.10 Å². The molecule has 33 heavy (non-hydrogen) atoms. The molecule has 4 rings (SSSR count). The summed E-state index contributed by atoms with van der Waals surface area (Å²) < 4.78 is 5.74. The molecule has 0 aliphatic carbocycles. The van der Waals surface area contributed by atoms with Crippen LogP contribution in [0.1, 0.15) is 37.4 Å². The number of benzene rings is 1. The second kappa shape index (κ2) is 10.6. The Morgan fingerprint density at radius 1 is 1.21 bits per heavy atom. The van der Waals surface area contributed by atoms with Gasteiger partial charge >= 0.3 is 5.97 Å². The van der Waals surface area contributed by atoms with Gasteiger partial charge in [-0.25, -0.2) is 0 Å². The summed E-state index contributed by atoms with van der Waals surface area (Å²) in [5, 5.41) is 15.5. The molecule has 4 unspecified atom stereocenters. The van der Waals surface area contributed by atoms with E-state index in [1.54, 1.807) is 0 Å². The first kappa shape index (κ1) is 23.6. The van der Waals surface area contributed by atoms with Crippen LogP contribution in [0.15, 0.2) is 29.4 Å². The zero-order valence-corrected chi connectivity index (χ0v) is 19.2. The molecule has 1 aromatic carbocycles. The van der Waals surface area contributed by atoms with Crippen molar-refractivity contribution >= 4 is 18.1 Å². The Balaban J connectivity index is 1.24. The summed E-state index contributed by atoms with van der Waals surface area (Å²) >= 11 is 0. The largest absolute Gasteiger partial charge is 0.480 e. The van der Waals surface area contributed by atoms with Crippen LogP contribution in [0.5, 0.6) is 0 Å². The first-order valence-corrected chi connectivity index (χ1v) is 11.5. The summed E-state index contributed by atoms with van der Waals surface area (Å²) in [6, 6.07) is 8.38. The molecule has 0 aromatic heterocycles. The van der Waals surface area contributed by atoms with E-state index in [0.717, 1.165) is 30.6 Å². The number of hydrogen-bond donors (Lipinski definition) is 2. The van der Waals surface area contributed by atoms with Gasteiger partial charge in [0, 0.05) is 19.6 Å². The molecule has 3 heterocycles. The van der Waals surface area contributed by atoms with Crippen molar-refractivity contribution in [3.05, 3.63) is 35.4 Å². The van der Waals surface area contributed by atoms with Gasteiger partial charge in [-0.05, 0) is 31.4 Å². The molecule has 0 bridgehead atoms. The maximum atomic E-state index is 12.2. The lowest BCUT2D eigenvalue weighted by molar-refractivity contribution is -0.147. The van der Waals surface area contributed by atoms with Crippen molar-refractivity contribution in [3.8, 4) is 0 Å². The van der Waals surface area contributed by atoms with Crippen LogP contribution >= 0.6 is 0 Å². The van der Waals surface area contributed by atoms with E-state index in [0.29, 0.717) is 19.6 Å². The fourth-order valence-corrected chi connectivity index (χ4v) is 4.59. The lowest BCUT2D eigenvalue weighted by atomic mass is 10.0. The molecule has 4 atom stereocenters. The summed E-state index contributed by atoms with van der Waals surface area (Å²) in [5.41, 5.74) is 5.30. The smallest absolute Gasteiger partial charge is 0.323 e. The summed E-state index contributed by atoms with van der Waals surface area (Å²) in [4.78, 5) is 32.2. The molecule has 1 amide bonds. The second-order valence-electron chi connectivity index (χ2n) is 9.13. The third-order valence-corrected chi connectivity index (χ3v) is 6.17. The number of piperazine rings is 1. The quantitative estimate of drug-likeness (QED) is 0.574. The number of carbonyl (C=O) groups excluding carboxylic acids is 1. The number of carbonyl (C=O) groups is 2. The molecule has 10 nitrogen and oxygen atoms in total. The summed E-state index contributed by atoms with van der Waals surface area (Å²) in [5.74, 6) is -1.13. The lowest BCUT2D eigenvalue weighted by Crippen LogP contribution is -2.53. The first-order valence-electron chi connectivity index (χ1n) is 11.5. The van der Waals surface area contributed by atoms with Crippen LogP contribution in [-0.4, -0.2) is 102 Å². The Bertz CT molecular complexity index is 853. The minimum Gasteiger partial charge on any atom is -0.480 e. The summed E-state index contributed by atoms with van der Waals surface area (Å²) in [6.07, 6.45) is 3.03. The van der Waals surface area contributed by atoms with Crippen LogP contribution in [0.2, 0.25) is 0 Å². The highest BCUT2D eigenvalue weighted by Gasteiger charge is 2.31. The third kappa shape index (κ3) is 6.50. The molecule has 0 radical (unpaired) electrons. The molecule has 3 aliphatic heterocycles. The van der Waals surface area contributed by atoms with Crippen LogP contribution in [0.4, 0.5) is 0 Å². The summed E-state index contributed by atoms with van der Waals surface area (Å²) in [7, 11) is 0. The predicted octanol–water partition coefficient (Wildman–Crippen LogP) is 0.693. The SMILES string of the molecule is CC1CN(N=Cc2ccc(C3CC(CN4CCN(CC(=O)O)C(=O)C4)ON3)cc2)CC(C)O1. The number of carboxylic acid groups (broad SMARTS) is 1. The van der Waals surface area contributed by atoms with E-state index in [1.807, 2.05) is 11.1 Å². The van der Waals surface area contributed by atoms with Crippen LogP contribution in [0.25, 0.3) is 0 Å². The molecule has 2 N–H and O–H groups in total. The average molecular weight is 460 g/mol. The lowest BCUT2D eigenvalue weighted by Gasteiger charge is -2.34. The Morgan fingerprint density at radius 3 is 2.61 bits per heavy atom. The van der Waals surface area contributed by atoms with E-state index in [9.17, 15) is 9.59 Å². The van der Waals surface area contributed by atoms with Gasteiger partial charge in [-0.15, -0.1) is 0 Å². The van der Waals surface area contributed by atoms with Crippen LogP contribution in [0, 0.1) is 0 Å². The van der Waals surface area contributed by atoms with E-state index in [1.165, 1.54) is 4.90 Å². The Morgan fingerprint density at radius 2 is 1.94 bits per heavy atom. The van der Waals surface area contributed by atoms with E-state index < -0.39 is 5.97 Å². The Labute approximate surface area is 194 Å². The highest BCUT2D eigenvalue weighted by atomic mass is 16.7. The van der Waals surface area contributed by atoms with Gasteiger partial charge in [0.15, 0.2) is 0 Å². The van der Waals surface area contributed by atoms with Gasteiger partial charge in [-0.1, -0.05) is 24.3 Å². The minimum atomic E-state index is -0.981. The number of hydroxylamine groups is 1. The molecule has 1 aromatic rings. The van der Waals surface area contributed by atoms with Crippen molar-refractivity contribution in [2.45, 2.75) is 44.6 Å². The highest BCUT2D eigenvalue weighted by Crippen LogP contribution is 2.26. The number of ether oxygens (including phenoxy) is 1. The van der Waals surface area contributed by atoms with Crippen LogP contribution in [-0.2, 0) is 19.2 Å². The normalized spacial score (nSPS) is 29.2. The van der Waals surface area contributed by atoms with E-state index >= 15 is 0 Å². The fourth-order valence-electron chi connectivity index (χ4n) is 4.59. The van der Waals surface area contributed by atoms with Crippen molar-refractivity contribution in [1.29, 1.82) is 0 Å². The maximum absolute atomic E-state index is 12.2. The van der Waals surface area contributed by atoms with Gasteiger partial charge in [-0.2, -0.15) is 10.6 Å². The Kier molecular flexibility index (Phi) is 7.59. The zero-order chi connectivity index (χ0) is 23.4. The topological polar surface area (TPSA) is 107 Å². The van der Waals surface area contributed by atoms with Gasteiger partial charge in [0.25, 0.3) is 0 Å². The molecule has 0 spiro atoms. The van der Waals surface area contributed by atoms with Gasteiger partial charge < -0.3 is 14.7 Å². The van der Waals surface area contributed by atoms with Gasteiger partial charge in [0.05, 0.1) is 50.2 Å². The molecule has 3 saturated heterocycles. The molecule has 3 aliphatic rings. The Hall–Kier alpha value is -2.53. The second-order valence-corrected chi connectivity index (χ2v) is 9.13. The van der Waals surface area contributed by atoms with Crippen LogP contribution in [0.3, 0.4) is 0 Å². The number of nitrogens with zero attached hydrogens (tertiary/aromatic N) is 4. The molecular weight excluding hydrogens is 426 g/mol. The van der Waals surface area contributed by atoms with E-state index in [4.69, 9.17) is 14.7 Å². The number of aliphatic carboxylic acids is 1. The zero-order valence-electron chi connectivity index (χ0n) is 19.2. The number of nitrogens with one attached hydrogen (secondary N) is 1. The molecular formula is C23H33N5O5. The van der Waals surface area contributed by atoms with E-state index in [2.05, 4.69) is 53.7 Å². The minimum absolute atomic E-state index is 0.0274. The van der Waals surface area contributed by atoms with Crippen molar-refractivity contribution in [3.63, 3.8) is 0 Å².